The molecule has 86 valence electrons. The van der Waals surface area contributed by atoms with E-state index in [1.807, 2.05) is 0 Å². The number of hydrogen-bond acceptors (Lipinski definition) is 1. The van der Waals surface area contributed by atoms with Crippen molar-refractivity contribution in [3.8, 4) is 0 Å². The van der Waals surface area contributed by atoms with E-state index in [4.69, 9.17) is 0 Å². The van der Waals surface area contributed by atoms with Gasteiger partial charge in [0.25, 0.3) is 0 Å². The van der Waals surface area contributed by atoms with Crippen molar-refractivity contribution in [1.29, 1.82) is 0 Å². The van der Waals surface area contributed by atoms with E-state index < -0.39 is 0 Å². The first-order valence-electron chi connectivity index (χ1n) is 6.20. The molecule has 1 atom stereocenters. The summed E-state index contributed by atoms with van der Waals surface area (Å²) in [5, 5.41) is 3.63. The Labute approximate surface area is 102 Å². The topological polar surface area (TPSA) is 12.0 Å². The van der Waals surface area contributed by atoms with Crippen molar-refractivity contribution in [2.24, 2.45) is 0 Å². The molecule has 1 N–H and O–H groups in total. The predicted octanol–water partition coefficient (Wildman–Crippen LogP) is 3.38. The molecule has 2 aromatic rings. The maximum absolute atomic E-state index is 3.63. The van der Waals surface area contributed by atoms with Gasteiger partial charge in [0, 0.05) is 12.6 Å². The Bertz CT molecular complexity index is 531. The Hall–Kier alpha value is -1.60. The second-order valence-electron chi connectivity index (χ2n) is 4.76. The van der Waals surface area contributed by atoms with E-state index in [1.165, 1.54) is 22.3 Å². The van der Waals surface area contributed by atoms with Gasteiger partial charge in [-0.3, -0.25) is 0 Å². The Morgan fingerprint density at radius 3 is 2.47 bits per heavy atom. The highest BCUT2D eigenvalue weighted by atomic mass is 14.9. The molecule has 1 heteroatoms. The van der Waals surface area contributed by atoms with Crippen LogP contribution in [0.15, 0.2) is 48.5 Å². The van der Waals surface area contributed by atoms with Crippen LogP contribution in [0.25, 0.3) is 0 Å². The molecular formula is C16H17N. The summed E-state index contributed by atoms with van der Waals surface area (Å²) in [5.41, 5.74) is 5.74. The van der Waals surface area contributed by atoms with Crippen LogP contribution in [-0.2, 0) is 13.0 Å². The van der Waals surface area contributed by atoms with E-state index >= 15 is 0 Å². The van der Waals surface area contributed by atoms with Crippen LogP contribution in [0.3, 0.4) is 0 Å². The average molecular weight is 223 g/mol. The summed E-state index contributed by atoms with van der Waals surface area (Å²) >= 11 is 0. The summed E-state index contributed by atoms with van der Waals surface area (Å²) in [4.78, 5) is 0. The van der Waals surface area contributed by atoms with Crippen LogP contribution in [0.1, 0.15) is 28.3 Å². The third kappa shape index (κ3) is 1.98. The van der Waals surface area contributed by atoms with Crippen LogP contribution in [0, 0.1) is 6.92 Å². The Kier molecular flexibility index (Phi) is 2.69. The first-order chi connectivity index (χ1) is 8.34. The number of hydrogen-bond donors (Lipinski definition) is 1. The zero-order valence-corrected chi connectivity index (χ0v) is 10.1. The highest BCUT2D eigenvalue weighted by Crippen LogP contribution is 2.27. The van der Waals surface area contributed by atoms with Crippen LogP contribution in [-0.4, -0.2) is 0 Å². The first-order valence-corrected chi connectivity index (χ1v) is 6.20. The van der Waals surface area contributed by atoms with Gasteiger partial charge in [0.05, 0.1) is 0 Å². The fraction of sp³-hybridized carbons (Fsp3) is 0.250. The molecule has 0 saturated heterocycles. The van der Waals surface area contributed by atoms with Gasteiger partial charge in [0.15, 0.2) is 0 Å². The second kappa shape index (κ2) is 4.34. The van der Waals surface area contributed by atoms with Crippen molar-refractivity contribution in [2.75, 3.05) is 0 Å². The van der Waals surface area contributed by atoms with Gasteiger partial charge in [-0.15, -0.1) is 0 Å². The fourth-order valence-electron chi connectivity index (χ4n) is 2.65. The number of fused-ring (bicyclic) bond motifs is 1. The van der Waals surface area contributed by atoms with Gasteiger partial charge in [-0.05, 0) is 35.6 Å². The number of nitrogens with one attached hydrogen (secondary N) is 1. The lowest BCUT2D eigenvalue weighted by molar-refractivity contribution is 0.497. The molecule has 0 aromatic heterocycles. The van der Waals surface area contributed by atoms with Crippen molar-refractivity contribution >= 4 is 0 Å². The highest BCUT2D eigenvalue weighted by Gasteiger charge is 2.19. The maximum atomic E-state index is 3.63. The van der Waals surface area contributed by atoms with Gasteiger partial charge in [-0.2, -0.15) is 0 Å². The summed E-state index contributed by atoms with van der Waals surface area (Å²) in [6.45, 7) is 3.17. The fourth-order valence-corrected chi connectivity index (χ4v) is 2.65. The van der Waals surface area contributed by atoms with E-state index in [0.717, 1.165) is 13.0 Å². The lowest BCUT2D eigenvalue weighted by atomic mass is 9.90. The molecule has 0 radical (unpaired) electrons. The van der Waals surface area contributed by atoms with E-state index in [9.17, 15) is 0 Å². The molecule has 0 fully saturated rings. The molecule has 0 saturated carbocycles. The number of aryl methyl sites for hydroxylation is 1. The van der Waals surface area contributed by atoms with Gasteiger partial charge in [0.1, 0.15) is 0 Å². The molecule has 1 heterocycles. The number of benzene rings is 2. The smallest absolute Gasteiger partial charge is 0.0366 e. The molecule has 0 aliphatic carbocycles. The SMILES string of the molecule is Cc1ccccc1C1Cc2ccccc2CN1. The molecule has 0 bridgehead atoms. The highest BCUT2D eigenvalue weighted by molar-refractivity contribution is 5.35. The normalized spacial score (nSPS) is 18.8. The van der Waals surface area contributed by atoms with Crippen LogP contribution in [0.5, 0.6) is 0 Å². The van der Waals surface area contributed by atoms with Crippen LogP contribution < -0.4 is 5.32 Å². The van der Waals surface area contributed by atoms with Crippen molar-refractivity contribution in [3.63, 3.8) is 0 Å². The van der Waals surface area contributed by atoms with Crippen molar-refractivity contribution in [2.45, 2.75) is 25.9 Å². The Morgan fingerprint density at radius 2 is 1.65 bits per heavy atom. The van der Waals surface area contributed by atoms with Crippen LogP contribution in [0.2, 0.25) is 0 Å². The molecular weight excluding hydrogens is 206 g/mol. The zero-order chi connectivity index (χ0) is 11.7. The molecule has 1 nitrogen and oxygen atoms in total. The minimum absolute atomic E-state index is 0.464. The van der Waals surface area contributed by atoms with Crippen molar-refractivity contribution < 1.29 is 0 Å². The summed E-state index contributed by atoms with van der Waals surface area (Å²) in [5.74, 6) is 0. The second-order valence-corrected chi connectivity index (χ2v) is 4.76. The predicted molar refractivity (Wildman–Crippen MR) is 70.9 cm³/mol. The molecule has 0 amide bonds. The van der Waals surface area contributed by atoms with E-state index in [1.54, 1.807) is 0 Å². The summed E-state index contributed by atoms with van der Waals surface area (Å²) in [6.07, 6.45) is 1.10. The van der Waals surface area contributed by atoms with Gasteiger partial charge < -0.3 is 5.32 Å². The molecule has 17 heavy (non-hydrogen) atoms. The minimum atomic E-state index is 0.464. The van der Waals surface area contributed by atoms with Gasteiger partial charge in [-0.1, -0.05) is 48.5 Å². The van der Waals surface area contributed by atoms with Crippen molar-refractivity contribution in [3.05, 3.63) is 70.8 Å². The maximum Gasteiger partial charge on any atom is 0.0366 e. The number of rotatable bonds is 1. The van der Waals surface area contributed by atoms with E-state index in [0.29, 0.717) is 6.04 Å². The summed E-state index contributed by atoms with van der Waals surface area (Å²) in [6, 6.07) is 17.9. The molecule has 3 rings (SSSR count). The third-order valence-corrected chi connectivity index (χ3v) is 3.65. The molecule has 1 aliphatic rings. The van der Waals surface area contributed by atoms with Gasteiger partial charge in [0.2, 0.25) is 0 Å². The molecule has 1 unspecified atom stereocenters. The van der Waals surface area contributed by atoms with Crippen LogP contribution >= 0.6 is 0 Å². The monoisotopic (exact) mass is 223 g/mol. The molecule has 1 aliphatic heterocycles. The quantitative estimate of drug-likeness (QED) is 0.781. The average Bonchev–Trinajstić information content (AvgIpc) is 2.39. The lowest BCUT2D eigenvalue weighted by Gasteiger charge is -2.27. The summed E-state index contributed by atoms with van der Waals surface area (Å²) < 4.78 is 0. The molecule has 2 aromatic carbocycles. The lowest BCUT2D eigenvalue weighted by Crippen LogP contribution is -2.28. The summed E-state index contributed by atoms with van der Waals surface area (Å²) in [7, 11) is 0. The zero-order valence-electron chi connectivity index (χ0n) is 10.1. The van der Waals surface area contributed by atoms with E-state index in [2.05, 4.69) is 60.8 Å². The standard InChI is InChI=1S/C16H17N/c1-12-6-2-5-9-15(12)16-10-13-7-3-4-8-14(13)11-17-16/h2-9,16-17H,10-11H2,1H3. The van der Waals surface area contributed by atoms with Gasteiger partial charge >= 0.3 is 0 Å². The Balaban J connectivity index is 1.92. The Morgan fingerprint density at radius 1 is 0.941 bits per heavy atom. The first kappa shape index (κ1) is 10.5. The molecule has 0 spiro atoms. The minimum Gasteiger partial charge on any atom is -0.306 e. The van der Waals surface area contributed by atoms with E-state index in [-0.39, 0.29) is 0 Å². The third-order valence-electron chi connectivity index (χ3n) is 3.65. The largest absolute Gasteiger partial charge is 0.306 e. The van der Waals surface area contributed by atoms with Crippen LogP contribution in [0.4, 0.5) is 0 Å². The van der Waals surface area contributed by atoms with Gasteiger partial charge in [-0.25, -0.2) is 0 Å². The van der Waals surface area contributed by atoms with Crippen molar-refractivity contribution in [1.82, 2.24) is 5.32 Å².